The summed E-state index contributed by atoms with van der Waals surface area (Å²) in [4.78, 5) is 2.36. The lowest BCUT2D eigenvalue weighted by molar-refractivity contribution is 0.287. The minimum absolute atomic E-state index is 0.668. The molecule has 0 spiro atoms. The zero-order valence-corrected chi connectivity index (χ0v) is 9.05. The van der Waals surface area contributed by atoms with Crippen LogP contribution in [-0.4, -0.2) is 24.5 Å². The summed E-state index contributed by atoms with van der Waals surface area (Å²) >= 11 is 0. The summed E-state index contributed by atoms with van der Waals surface area (Å²) in [5, 5.41) is 8.44. The minimum atomic E-state index is 0.668. The first-order valence-corrected chi connectivity index (χ1v) is 5.44. The van der Waals surface area contributed by atoms with Crippen molar-refractivity contribution >= 4 is 0 Å². The molecule has 13 heavy (non-hydrogen) atoms. The van der Waals surface area contributed by atoms with E-state index in [1.807, 2.05) is 0 Å². The first-order chi connectivity index (χ1) is 6.35. The van der Waals surface area contributed by atoms with E-state index in [0.717, 1.165) is 19.6 Å². The lowest BCUT2D eigenvalue weighted by atomic mass is 10.2. The van der Waals surface area contributed by atoms with E-state index in [0.29, 0.717) is 6.42 Å². The van der Waals surface area contributed by atoms with Crippen molar-refractivity contribution in [3.8, 4) is 6.07 Å². The Balaban J connectivity index is 3.32. The van der Waals surface area contributed by atoms with Crippen LogP contribution in [0.15, 0.2) is 0 Å². The third kappa shape index (κ3) is 7.80. The van der Waals surface area contributed by atoms with Gasteiger partial charge in [-0.3, -0.25) is 0 Å². The van der Waals surface area contributed by atoms with E-state index in [2.05, 4.69) is 24.8 Å². The third-order valence-corrected chi connectivity index (χ3v) is 2.31. The summed E-state index contributed by atoms with van der Waals surface area (Å²) in [5.41, 5.74) is 0. The van der Waals surface area contributed by atoms with Crippen molar-refractivity contribution in [1.29, 1.82) is 5.26 Å². The first-order valence-electron chi connectivity index (χ1n) is 5.44. The standard InChI is InChI=1S/C11H22N2/c1-3-5-6-7-10-13(4-2)11-8-9-12/h3-8,10-11H2,1-2H3. The van der Waals surface area contributed by atoms with E-state index in [-0.39, 0.29) is 0 Å². The fraction of sp³-hybridized carbons (Fsp3) is 0.909. The quantitative estimate of drug-likeness (QED) is 0.540. The Morgan fingerprint density at radius 3 is 2.38 bits per heavy atom. The van der Waals surface area contributed by atoms with Gasteiger partial charge in [-0.05, 0) is 19.5 Å². The lowest BCUT2D eigenvalue weighted by Gasteiger charge is -2.18. The maximum absolute atomic E-state index is 8.44. The third-order valence-electron chi connectivity index (χ3n) is 2.31. The van der Waals surface area contributed by atoms with Gasteiger partial charge in [-0.2, -0.15) is 5.26 Å². The van der Waals surface area contributed by atoms with Gasteiger partial charge in [0.15, 0.2) is 0 Å². The molecule has 0 heterocycles. The van der Waals surface area contributed by atoms with Gasteiger partial charge in [0.2, 0.25) is 0 Å². The second-order valence-electron chi connectivity index (χ2n) is 3.40. The zero-order valence-electron chi connectivity index (χ0n) is 9.05. The van der Waals surface area contributed by atoms with Gasteiger partial charge in [-0.1, -0.05) is 33.1 Å². The highest BCUT2D eigenvalue weighted by Crippen LogP contribution is 2.01. The van der Waals surface area contributed by atoms with Crippen molar-refractivity contribution in [2.24, 2.45) is 0 Å². The van der Waals surface area contributed by atoms with Crippen LogP contribution in [0.1, 0.15) is 46.0 Å². The smallest absolute Gasteiger partial charge is 0.0635 e. The molecule has 0 atom stereocenters. The average Bonchev–Trinajstić information content (AvgIpc) is 2.17. The topological polar surface area (TPSA) is 27.0 Å². The summed E-state index contributed by atoms with van der Waals surface area (Å²) in [6.45, 7) is 7.58. The molecular weight excluding hydrogens is 160 g/mol. The highest BCUT2D eigenvalue weighted by atomic mass is 15.1. The zero-order chi connectivity index (χ0) is 9.94. The van der Waals surface area contributed by atoms with E-state index in [4.69, 9.17) is 5.26 Å². The Morgan fingerprint density at radius 1 is 1.08 bits per heavy atom. The number of nitrogens with zero attached hydrogens (tertiary/aromatic N) is 2. The highest BCUT2D eigenvalue weighted by molar-refractivity contribution is 4.71. The second-order valence-corrected chi connectivity index (χ2v) is 3.40. The van der Waals surface area contributed by atoms with Gasteiger partial charge in [0, 0.05) is 13.0 Å². The molecule has 2 nitrogen and oxygen atoms in total. The molecule has 0 bridgehead atoms. The molecule has 0 N–H and O–H groups in total. The predicted molar refractivity (Wildman–Crippen MR) is 56.5 cm³/mol. The van der Waals surface area contributed by atoms with Gasteiger partial charge in [-0.25, -0.2) is 0 Å². The number of unbranched alkanes of at least 4 members (excludes halogenated alkanes) is 3. The maximum Gasteiger partial charge on any atom is 0.0635 e. The molecule has 0 aliphatic rings. The molecule has 0 aliphatic heterocycles. The average molecular weight is 182 g/mol. The molecular formula is C11H22N2. The summed E-state index contributed by atoms with van der Waals surface area (Å²) in [6, 6.07) is 2.19. The Morgan fingerprint density at radius 2 is 1.85 bits per heavy atom. The molecule has 0 radical (unpaired) electrons. The molecule has 0 aromatic heterocycles. The van der Waals surface area contributed by atoms with Crippen LogP contribution in [0.4, 0.5) is 0 Å². The molecule has 0 saturated carbocycles. The monoisotopic (exact) mass is 182 g/mol. The van der Waals surface area contributed by atoms with Crippen molar-refractivity contribution in [2.45, 2.75) is 46.0 Å². The SMILES string of the molecule is CCCCCCN(CC)CCC#N. The molecule has 0 aromatic carbocycles. The van der Waals surface area contributed by atoms with Crippen LogP contribution in [0, 0.1) is 11.3 Å². The normalized spacial score (nSPS) is 10.3. The Hall–Kier alpha value is -0.550. The maximum atomic E-state index is 8.44. The molecule has 0 amide bonds. The molecule has 0 aromatic rings. The van der Waals surface area contributed by atoms with Crippen LogP contribution in [0.25, 0.3) is 0 Å². The number of nitriles is 1. The van der Waals surface area contributed by atoms with E-state index < -0.39 is 0 Å². The van der Waals surface area contributed by atoms with Crippen LogP contribution >= 0.6 is 0 Å². The van der Waals surface area contributed by atoms with Crippen LogP contribution < -0.4 is 0 Å². The first kappa shape index (κ1) is 12.4. The van der Waals surface area contributed by atoms with Crippen molar-refractivity contribution in [1.82, 2.24) is 4.90 Å². The van der Waals surface area contributed by atoms with Crippen molar-refractivity contribution in [3.05, 3.63) is 0 Å². The van der Waals surface area contributed by atoms with Gasteiger partial charge in [-0.15, -0.1) is 0 Å². The summed E-state index contributed by atoms with van der Waals surface area (Å²) in [7, 11) is 0. The van der Waals surface area contributed by atoms with E-state index >= 15 is 0 Å². The molecule has 0 rings (SSSR count). The van der Waals surface area contributed by atoms with Gasteiger partial charge >= 0.3 is 0 Å². The fourth-order valence-electron chi connectivity index (χ4n) is 1.40. The number of hydrogen-bond acceptors (Lipinski definition) is 2. The van der Waals surface area contributed by atoms with E-state index in [9.17, 15) is 0 Å². The molecule has 0 aliphatic carbocycles. The number of hydrogen-bond donors (Lipinski definition) is 0. The predicted octanol–water partition coefficient (Wildman–Crippen LogP) is 2.80. The number of rotatable bonds is 8. The Labute approximate surface area is 82.5 Å². The van der Waals surface area contributed by atoms with Gasteiger partial charge in [0.05, 0.1) is 6.07 Å². The largest absolute Gasteiger partial charge is 0.303 e. The molecule has 0 saturated heterocycles. The Kier molecular flexibility index (Phi) is 9.13. The van der Waals surface area contributed by atoms with Gasteiger partial charge in [0.25, 0.3) is 0 Å². The van der Waals surface area contributed by atoms with Crippen LogP contribution in [-0.2, 0) is 0 Å². The van der Waals surface area contributed by atoms with Gasteiger partial charge < -0.3 is 4.90 Å². The lowest BCUT2D eigenvalue weighted by Crippen LogP contribution is -2.25. The van der Waals surface area contributed by atoms with Crippen LogP contribution in [0.3, 0.4) is 0 Å². The summed E-state index contributed by atoms with van der Waals surface area (Å²) in [6.07, 6.45) is 5.93. The summed E-state index contributed by atoms with van der Waals surface area (Å²) < 4.78 is 0. The second kappa shape index (κ2) is 9.54. The Bertz CT molecular complexity index is 138. The summed E-state index contributed by atoms with van der Waals surface area (Å²) in [5.74, 6) is 0. The molecule has 0 fully saturated rings. The van der Waals surface area contributed by atoms with Crippen molar-refractivity contribution in [3.63, 3.8) is 0 Å². The molecule has 76 valence electrons. The van der Waals surface area contributed by atoms with Crippen LogP contribution in [0.2, 0.25) is 0 Å². The minimum Gasteiger partial charge on any atom is -0.303 e. The fourth-order valence-corrected chi connectivity index (χ4v) is 1.40. The molecule has 2 heteroatoms. The van der Waals surface area contributed by atoms with E-state index in [1.165, 1.54) is 25.7 Å². The molecule has 0 unspecified atom stereocenters. The van der Waals surface area contributed by atoms with Gasteiger partial charge in [0.1, 0.15) is 0 Å². The van der Waals surface area contributed by atoms with E-state index in [1.54, 1.807) is 0 Å². The van der Waals surface area contributed by atoms with Crippen LogP contribution in [0.5, 0.6) is 0 Å². The van der Waals surface area contributed by atoms with Crippen molar-refractivity contribution < 1.29 is 0 Å². The highest BCUT2D eigenvalue weighted by Gasteiger charge is 2.00. The van der Waals surface area contributed by atoms with Crippen molar-refractivity contribution in [2.75, 3.05) is 19.6 Å².